The molecular formula is C19H25N3O4S2. The minimum atomic E-state index is -3.64. The highest BCUT2D eigenvalue weighted by Crippen LogP contribution is 2.38. The van der Waals surface area contributed by atoms with Crippen LogP contribution >= 0.6 is 11.8 Å². The highest BCUT2D eigenvalue weighted by Gasteiger charge is 2.37. The first-order chi connectivity index (χ1) is 13.4. The number of anilines is 1. The number of hydrogen-bond donors (Lipinski definition) is 2. The Labute approximate surface area is 169 Å². The molecule has 0 bridgehead atoms. The molecule has 1 saturated heterocycles. The van der Waals surface area contributed by atoms with Gasteiger partial charge in [0.2, 0.25) is 21.8 Å². The summed E-state index contributed by atoms with van der Waals surface area (Å²) in [5, 5.41) is 1.92. The first kappa shape index (κ1) is 19.7. The zero-order valence-electron chi connectivity index (χ0n) is 15.6. The van der Waals surface area contributed by atoms with Crippen LogP contribution in [0.3, 0.4) is 0 Å². The normalized spacial score (nSPS) is 23.4. The summed E-state index contributed by atoms with van der Waals surface area (Å²) in [5.74, 6) is -0.550. The summed E-state index contributed by atoms with van der Waals surface area (Å²) >= 11 is 1.20. The molecule has 3 aliphatic rings. The number of nitrogens with zero attached hydrogens (tertiary/aromatic N) is 1. The fourth-order valence-corrected chi connectivity index (χ4v) is 6.41. The van der Waals surface area contributed by atoms with E-state index in [-0.39, 0.29) is 22.8 Å². The second-order valence-electron chi connectivity index (χ2n) is 7.63. The van der Waals surface area contributed by atoms with Crippen LogP contribution in [0.5, 0.6) is 0 Å². The number of carbonyl (C=O) groups excluding carboxylic acids is 2. The Hall–Kier alpha value is -1.58. The third kappa shape index (κ3) is 4.06. The minimum absolute atomic E-state index is 0.0267. The predicted molar refractivity (Wildman–Crippen MR) is 108 cm³/mol. The molecule has 9 heteroatoms. The second kappa shape index (κ2) is 8.04. The molecule has 1 aliphatic carbocycles. The molecule has 1 aromatic carbocycles. The van der Waals surface area contributed by atoms with Gasteiger partial charge in [-0.05, 0) is 43.9 Å². The molecular weight excluding hydrogens is 398 g/mol. The molecule has 0 spiro atoms. The van der Waals surface area contributed by atoms with Gasteiger partial charge in [0.15, 0.2) is 5.25 Å². The van der Waals surface area contributed by atoms with Crippen molar-refractivity contribution >= 4 is 39.3 Å². The van der Waals surface area contributed by atoms with Crippen LogP contribution in [0, 0.1) is 0 Å². The summed E-state index contributed by atoms with van der Waals surface area (Å²) < 4.78 is 28.2. The summed E-state index contributed by atoms with van der Waals surface area (Å²) in [5.41, 5.74) is 0.451. The molecule has 0 unspecified atom stereocenters. The number of nitrogens with one attached hydrogen (secondary N) is 2. The molecule has 0 aromatic heterocycles. The van der Waals surface area contributed by atoms with Crippen LogP contribution in [0.15, 0.2) is 28.0 Å². The molecule has 2 N–H and O–H groups in total. The molecule has 1 aromatic rings. The second-order valence-corrected chi connectivity index (χ2v) is 10.5. The summed E-state index contributed by atoms with van der Waals surface area (Å²) in [4.78, 5) is 27.7. The van der Waals surface area contributed by atoms with Crippen molar-refractivity contribution < 1.29 is 18.0 Å². The van der Waals surface area contributed by atoms with Gasteiger partial charge in [0, 0.05) is 24.0 Å². The molecule has 152 valence electrons. The van der Waals surface area contributed by atoms with Crippen LogP contribution < -0.4 is 10.0 Å². The number of benzene rings is 1. The standard InChI is InChI=1S/C19H25N3O4S2/c23-18-17(19(24)22-10-4-5-11-22)27-16-9-8-14(12-15(16)20-18)28(25,26)21-13-6-2-1-3-7-13/h8-9,12-13,17,21H,1-7,10-11H2,(H,20,23)/t17-/m1/s1. The van der Waals surface area contributed by atoms with Gasteiger partial charge in [-0.25, -0.2) is 13.1 Å². The van der Waals surface area contributed by atoms with Crippen molar-refractivity contribution in [2.75, 3.05) is 18.4 Å². The van der Waals surface area contributed by atoms with Gasteiger partial charge >= 0.3 is 0 Å². The minimum Gasteiger partial charge on any atom is -0.341 e. The Balaban J connectivity index is 1.50. The lowest BCUT2D eigenvalue weighted by molar-refractivity contribution is -0.133. The van der Waals surface area contributed by atoms with Gasteiger partial charge in [0.05, 0.1) is 10.6 Å². The van der Waals surface area contributed by atoms with Gasteiger partial charge in [0.25, 0.3) is 0 Å². The lowest BCUT2D eigenvalue weighted by Crippen LogP contribution is -2.43. The molecule has 2 amide bonds. The number of fused-ring (bicyclic) bond motifs is 1. The lowest BCUT2D eigenvalue weighted by atomic mass is 9.96. The van der Waals surface area contributed by atoms with Gasteiger partial charge in [-0.3, -0.25) is 9.59 Å². The monoisotopic (exact) mass is 423 g/mol. The van der Waals surface area contributed by atoms with E-state index in [1.807, 2.05) is 0 Å². The van der Waals surface area contributed by atoms with E-state index in [1.165, 1.54) is 17.8 Å². The van der Waals surface area contributed by atoms with Crippen LogP contribution in [-0.4, -0.2) is 49.5 Å². The average molecular weight is 424 g/mol. The van der Waals surface area contributed by atoms with Crippen LogP contribution in [0.2, 0.25) is 0 Å². The Morgan fingerprint density at radius 2 is 1.82 bits per heavy atom. The van der Waals surface area contributed by atoms with Crippen molar-refractivity contribution in [2.45, 2.75) is 66.0 Å². The number of carbonyl (C=O) groups is 2. The first-order valence-electron chi connectivity index (χ1n) is 9.87. The smallest absolute Gasteiger partial charge is 0.247 e. The molecule has 4 rings (SSSR count). The topological polar surface area (TPSA) is 95.6 Å². The average Bonchev–Trinajstić information content (AvgIpc) is 3.22. The van der Waals surface area contributed by atoms with Crippen LogP contribution in [0.25, 0.3) is 0 Å². The lowest BCUT2D eigenvalue weighted by Gasteiger charge is -2.27. The Kier molecular flexibility index (Phi) is 5.66. The number of sulfonamides is 1. The fraction of sp³-hybridized carbons (Fsp3) is 0.579. The van der Waals surface area contributed by atoms with E-state index < -0.39 is 15.3 Å². The van der Waals surface area contributed by atoms with Crippen LogP contribution in [0.4, 0.5) is 5.69 Å². The third-order valence-corrected chi connectivity index (χ3v) is 8.35. The first-order valence-corrected chi connectivity index (χ1v) is 12.2. The van der Waals surface area contributed by atoms with Crippen LogP contribution in [-0.2, 0) is 19.6 Å². The number of likely N-dealkylation sites (tertiary alicyclic amines) is 1. The maximum atomic E-state index is 12.7. The fourth-order valence-electron chi connectivity index (χ4n) is 4.03. The molecule has 2 aliphatic heterocycles. The summed E-state index contributed by atoms with van der Waals surface area (Å²) in [6, 6.07) is 4.69. The van der Waals surface area contributed by atoms with Crippen LogP contribution in [0.1, 0.15) is 44.9 Å². The van der Waals surface area contributed by atoms with Gasteiger partial charge < -0.3 is 10.2 Å². The maximum Gasteiger partial charge on any atom is 0.247 e. The van der Waals surface area contributed by atoms with E-state index in [0.29, 0.717) is 23.7 Å². The Bertz CT molecular complexity index is 875. The van der Waals surface area contributed by atoms with Gasteiger partial charge in [-0.15, -0.1) is 11.8 Å². The van der Waals surface area contributed by atoms with Gasteiger partial charge in [-0.2, -0.15) is 0 Å². The van der Waals surface area contributed by atoms with Crippen molar-refractivity contribution in [3.05, 3.63) is 18.2 Å². The zero-order valence-corrected chi connectivity index (χ0v) is 17.3. The third-order valence-electron chi connectivity index (χ3n) is 5.57. The van der Waals surface area contributed by atoms with E-state index in [2.05, 4.69) is 10.0 Å². The van der Waals surface area contributed by atoms with E-state index in [1.54, 1.807) is 17.0 Å². The highest BCUT2D eigenvalue weighted by atomic mass is 32.2. The van der Waals surface area contributed by atoms with E-state index in [9.17, 15) is 18.0 Å². The number of amides is 2. The molecule has 1 atom stereocenters. The van der Waals surface area contributed by atoms with E-state index in [0.717, 1.165) is 44.9 Å². The summed E-state index contributed by atoms with van der Waals surface area (Å²) in [6.45, 7) is 1.39. The van der Waals surface area contributed by atoms with E-state index >= 15 is 0 Å². The quantitative estimate of drug-likeness (QED) is 0.725. The highest BCUT2D eigenvalue weighted by molar-refractivity contribution is 8.01. The van der Waals surface area contributed by atoms with E-state index in [4.69, 9.17) is 0 Å². The van der Waals surface area contributed by atoms with Crippen molar-refractivity contribution in [1.29, 1.82) is 0 Å². The van der Waals surface area contributed by atoms with Gasteiger partial charge in [-0.1, -0.05) is 19.3 Å². The number of hydrogen-bond acceptors (Lipinski definition) is 5. The van der Waals surface area contributed by atoms with Gasteiger partial charge in [0.1, 0.15) is 0 Å². The predicted octanol–water partition coefficient (Wildman–Crippen LogP) is 2.33. The van der Waals surface area contributed by atoms with Crippen molar-refractivity contribution in [1.82, 2.24) is 9.62 Å². The Morgan fingerprint density at radius 1 is 1.11 bits per heavy atom. The zero-order chi connectivity index (χ0) is 19.7. The van der Waals surface area contributed by atoms with Crippen molar-refractivity contribution in [3.8, 4) is 0 Å². The van der Waals surface area contributed by atoms with Crippen molar-refractivity contribution in [2.24, 2.45) is 0 Å². The Morgan fingerprint density at radius 3 is 2.54 bits per heavy atom. The molecule has 7 nitrogen and oxygen atoms in total. The number of rotatable bonds is 4. The molecule has 2 heterocycles. The summed E-state index contributed by atoms with van der Waals surface area (Å²) in [6.07, 6.45) is 6.88. The largest absolute Gasteiger partial charge is 0.341 e. The summed E-state index contributed by atoms with van der Waals surface area (Å²) in [7, 11) is -3.64. The number of thioether (sulfide) groups is 1. The molecule has 28 heavy (non-hydrogen) atoms. The maximum absolute atomic E-state index is 12.7. The molecule has 2 fully saturated rings. The molecule has 1 saturated carbocycles. The molecule has 0 radical (unpaired) electrons. The SMILES string of the molecule is O=C1Nc2cc(S(=O)(=O)NC3CCCCC3)ccc2S[C@H]1C(=O)N1CCCC1. The van der Waals surface area contributed by atoms with Crippen molar-refractivity contribution in [3.63, 3.8) is 0 Å².